The molecule has 3 saturated carbocycles. The molecular weight excluding hydrogens is 286 g/mol. The molecular formula is C16H20BrN. The van der Waals surface area contributed by atoms with Gasteiger partial charge >= 0.3 is 0 Å². The molecule has 1 aromatic rings. The van der Waals surface area contributed by atoms with E-state index in [0.29, 0.717) is 5.41 Å². The van der Waals surface area contributed by atoms with Gasteiger partial charge in [-0.15, -0.1) is 0 Å². The van der Waals surface area contributed by atoms with Crippen LogP contribution in [0.3, 0.4) is 0 Å². The summed E-state index contributed by atoms with van der Waals surface area (Å²) in [5, 5.41) is 3.77. The van der Waals surface area contributed by atoms with E-state index in [4.69, 9.17) is 0 Å². The summed E-state index contributed by atoms with van der Waals surface area (Å²) in [6, 6.07) is 9.82. The van der Waals surface area contributed by atoms with Gasteiger partial charge in [-0.1, -0.05) is 28.1 Å². The predicted octanol–water partition coefficient (Wildman–Crippen LogP) is 4.01. The van der Waals surface area contributed by atoms with Gasteiger partial charge in [0.1, 0.15) is 0 Å². The molecule has 4 rings (SSSR count). The molecule has 1 nitrogen and oxygen atoms in total. The molecule has 18 heavy (non-hydrogen) atoms. The Kier molecular flexibility index (Phi) is 2.44. The van der Waals surface area contributed by atoms with Crippen LogP contribution >= 0.6 is 15.9 Å². The molecule has 0 aromatic heterocycles. The summed E-state index contributed by atoms with van der Waals surface area (Å²) < 4.78 is 1.22. The van der Waals surface area contributed by atoms with Gasteiger partial charge in [0.2, 0.25) is 0 Å². The third kappa shape index (κ3) is 1.94. The SMILES string of the molecule is Brc1cccc(C2(CNC3CC3)CC3(CC3)C2)c1. The number of halogens is 1. The fourth-order valence-electron chi connectivity index (χ4n) is 3.79. The molecule has 0 radical (unpaired) electrons. The Morgan fingerprint density at radius 1 is 1.22 bits per heavy atom. The molecule has 0 aliphatic heterocycles. The molecule has 1 N–H and O–H groups in total. The molecule has 1 spiro atoms. The normalized spacial score (nSPS) is 26.9. The molecule has 96 valence electrons. The Hall–Kier alpha value is -0.340. The molecule has 0 heterocycles. The number of hydrogen-bond donors (Lipinski definition) is 1. The quantitative estimate of drug-likeness (QED) is 0.886. The van der Waals surface area contributed by atoms with E-state index in [-0.39, 0.29) is 0 Å². The van der Waals surface area contributed by atoms with Gasteiger partial charge in [-0.25, -0.2) is 0 Å². The van der Waals surface area contributed by atoms with E-state index in [1.165, 1.54) is 49.5 Å². The van der Waals surface area contributed by atoms with Gasteiger partial charge in [-0.05, 0) is 61.6 Å². The molecule has 3 aliphatic rings. The molecule has 1 aromatic carbocycles. The number of nitrogens with one attached hydrogen (secondary N) is 1. The van der Waals surface area contributed by atoms with Crippen LogP contribution in [0.15, 0.2) is 28.7 Å². The molecule has 0 atom stereocenters. The average Bonchev–Trinajstić information content (AvgIpc) is 3.19. The standard InChI is InChI=1S/C16H20BrN/c17-13-3-1-2-12(8-13)16(11-18-14-4-5-14)9-15(10-16)6-7-15/h1-3,8,14,18H,4-7,9-11H2. The number of hydrogen-bond acceptors (Lipinski definition) is 1. The van der Waals surface area contributed by atoms with Crippen molar-refractivity contribution in [1.82, 2.24) is 5.32 Å². The van der Waals surface area contributed by atoms with Crippen LogP contribution in [0.4, 0.5) is 0 Å². The maximum atomic E-state index is 3.77. The van der Waals surface area contributed by atoms with Gasteiger partial charge in [0.05, 0.1) is 0 Å². The van der Waals surface area contributed by atoms with E-state index in [9.17, 15) is 0 Å². The first-order valence-corrected chi connectivity index (χ1v) is 7.99. The zero-order valence-corrected chi connectivity index (χ0v) is 12.3. The molecule has 0 bridgehead atoms. The molecule has 2 heteroatoms. The van der Waals surface area contributed by atoms with Crippen molar-refractivity contribution in [3.8, 4) is 0 Å². The second kappa shape index (κ2) is 3.83. The Morgan fingerprint density at radius 2 is 2.00 bits per heavy atom. The van der Waals surface area contributed by atoms with E-state index in [1.54, 1.807) is 5.56 Å². The van der Waals surface area contributed by atoms with Crippen LogP contribution in [0.25, 0.3) is 0 Å². The van der Waals surface area contributed by atoms with Crippen molar-refractivity contribution in [2.45, 2.75) is 50.0 Å². The van der Waals surface area contributed by atoms with Crippen molar-refractivity contribution in [2.75, 3.05) is 6.54 Å². The lowest BCUT2D eigenvalue weighted by molar-refractivity contribution is 0.115. The lowest BCUT2D eigenvalue weighted by Gasteiger charge is -2.50. The Bertz CT molecular complexity index is 466. The monoisotopic (exact) mass is 305 g/mol. The minimum absolute atomic E-state index is 0.433. The zero-order valence-electron chi connectivity index (χ0n) is 10.7. The second-order valence-electron chi connectivity index (χ2n) is 6.80. The van der Waals surface area contributed by atoms with Crippen molar-refractivity contribution in [3.05, 3.63) is 34.3 Å². The fraction of sp³-hybridized carbons (Fsp3) is 0.625. The van der Waals surface area contributed by atoms with Crippen LogP contribution in [-0.4, -0.2) is 12.6 Å². The first kappa shape index (κ1) is 11.5. The van der Waals surface area contributed by atoms with Gasteiger partial charge < -0.3 is 5.32 Å². The molecule has 0 amide bonds. The van der Waals surface area contributed by atoms with E-state index < -0.39 is 0 Å². The van der Waals surface area contributed by atoms with Crippen molar-refractivity contribution in [3.63, 3.8) is 0 Å². The first-order chi connectivity index (χ1) is 8.70. The lowest BCUT2D eigenvalue weighted by atomic mass is 9.56. The summed E-state index contributed by atoms with van der Waals surface area (Å²) >= 11 is 3.62. The highest BCUT2D eigenvalue weighted by Crippen LogP contribution is 2.68. The van der Waals surface area contributed by atoms with Gasteiger partial charge in [-0.3, -0.25) is 0 Å². The summed E-state index contributed by atoms with van der Waals surface area (Å²) in [5.74, 6) is 0. The fourth-order valence-corrected chi connectivity index (χ4v) is 4.19. The summed E-state index contributed by atoms with van der Waals surface area (Å²) in [6.07, 6.45) is 8.56. The van der Waals surface area contributed by atoms with Crippen molar-refractivity contribution in [2.24, 2.45) is 5.41 Å². The summed E-state index contributed by atoms with van der Waals surface area (Å²) in [5.41, 5.74) is 2.73. The van der Waals surface area contributed by atoms with E-state index in [0.717, 1.165) is 11.5 Å². The van der Waals surface area contributed by atoms with Crippen molar-refractivity contribution >= 4 is 15.9 Å². The minimum atomic E-state index is 0.433. The Morgan fingerprint density at radius 3 is 2.61 bits per heavy atom. The van der Waals surface area contributed by atoms with Gasteiger partial charge in [-0.2, -0.15) is 0 Å². The lowest BCUT2D eigenvalue weighted by Crippen LogP contribution is -2.50. The second-order valence-corrected chi connectivity index (χ2v) is 7.72. The van der Waals surface area contributed by atoms with Crippen LogP contribution in [0.2, 0.25) is 0 Å². The van der Waals surface area contributed by atoms with Gasteiger partial charge in [0, 0.05) is 22.5 Å². The highest BCUT2D eigenvalue weighted by atomic mass is 79.9. The van der Waals surface area contributed by atoms with E-state index >= 15 is 0 Å². The molecule has 3 fully saturated rings. The average molecular weight is 306 g/mol. The maximum absolute atomic E-state index is 3.77. The van der Waals surface area contributed by atoms with Crippen LogP contribution in [0, 0.1) is 5.41 Å². The predicted molar refractivity (Wildman–Crippen MR) is 77.7 cm³/mol. The summed E-state index contributed by atoms with van der Waals surface area (Å²) in [4.78, 5) is 0. The molecule has 0 saturated heterocycles. The van der Waals surface area contributed by atoms with Crippen molar-refractivity contribution < 1.29 is 0 Å². The number of rotatable bonds is 4. The topological polar surface area (TPSA) is 12.0 Å². The van der Waals surface area contributed by atoms with E-state index in [2.05, 4.69) is 45.5 Å². The first-order valence-electron chi connectivity index (χ1n) is 7.19. The van der Waals surface area contributed by atoms with Crippen LogP contribution in [0.1, 0.15) is 44.1 Å². The highest BCUT2D eigenvalue weighted by molar-refractivity contribution is 9.10. The van der Waals surface area contributed by atoms with Crippen molar-refractivity contribution in [1.29, 1.82) is 0 Å². The Balaban J connectivity index is 1.57. The van der Waals surface area contributed by atoms with E-state index in [1.807, 2.05) is 0 Å². The summed E-state index contributed by atoms with van der Waals surface area (Å²) in [6.45, 7) is 1.19. The minimum Gasteiger partial charge on any atom is -0.313 e. The molecule has 0 unspecified atom stereocenters. The van der Waals surface area contributed by atoms with Gasteiger partial charge in [0.25, 0.3) is 0 Å². The van der Waals surface area contributed by atoms with Gasteiger partial charge in [0.15, 0.2) is 0 Å². The Labute approximate surface area is 117 Å². The third-order valence-electron chi connectivity index (χ3n) is 5.13. The summed E-state index contributed by atoms with van der Waals surface area (Å²) in [7, 11) is 0. The van der Waals surface area contributed by atoms with Crippen LogP contribution < -0.4 is 5.32 Å². The largest absolute Gasteiger partial charge is 0.313 e. The van der Waals surface area contributed by atoms with Crippen LogP contribution in [-0.2, 0) is 5.41 Å². The maximum Gasteiger partial charge on any atom is 0.0178 e. The third-order valence-corrected chi connectivity index (χ3v) is 5.62. The molecule has 3 aliphatic carbocycles. The zero-order chi connectivity index (χ0) is 12.2. The number of benzene rings is 1. The van der Waals surface area contributed by atoms with Crippen LogP contribution in [0.5, 0.6) is 0 Å². The highest BCUT2D eigenvalue weighted by Gasteiger charge is 2.61. The smallest absolute Gasteiger partial charge is 0.0178 e.